The van der Waals surface area contributed by atoms with Crippen molar-refractivity contribution in [3.63, 3.8) is 0 Å². The van der Waals surface area contributed by atoms with Gasteiger partial charge in [0, 0.05) is 11.9 Å². The van der Waals surface area contributed by atoms with Crippen LogP contribution in [0.3, 0.4) is 0 Å². The molecular weight excluding hydrogens is 340 g/mol. The first-order valence-electron chi connectivity index (χ1n) is 8.73. The predicted octanol–water partition coefficient (Wildman–Crippen LogP) is 5.82. The number of hydrogen-bond donors (Lipinski definition) is 1. The lowest BCUT2D eigenvalue weighted by molar-refractivity contribution is 0.103. The number of amides is 1. The van der Waals surface area contributed by atoms with Gasteiger partial charge in [-0.3, -0.25) is 4.79 Å². The quantitative estimate of drug-likeness (QED) is 0.489. The van der Waals surface area contributed by atoms with Crippen molar-refractivity contribution in [2.45, 2.75) is 20.3 Å². The minimum atomic E-state index is -0.0540. The Balaban J connectivity index is 1.63. The number of para-hydroxylation sites is 2. The van der Waals surface area contributed by atoms with E-state index in [0.717, 1.165) is 33.8 Å². The van der Waals surface area contributed by atoms with Crippen molar-refractivity contribution in [1.29, 1.82) is 0 Å². The number of fused-ring (bicyclic) bond motifs is 1. The van der Waals surface area contributed by atoms with Crippen LogP contribution in [0.1, 0.15) is 27.7 Å². The zero-order chi connectivity index (χ0) is 18.1. The Hall–Kier alpha value is -2.85. The second-order valence-electron chi connectivity index (χ2n) is 6.30. The van der Waals surface area contributed by atoms with Crippen LogP contribution in [-0.4, -0.2) is 10.5 Å². The largest absolute Gasteiger partial charge is 0.321 e. The number of anilines is 1. The summed E-state index contributed by atoms with van der Waals surface area (Å²) in [5.74, 6) is -0.0540. The van der Waals surface area contributed by atoms with Crippen molar-refractivity contribution in [3.8, 4) is 5.00 Å². The van der Waals surface area contributed by atoms with E-state index in [9.17, 15) is 4.79 Å². The third-order valence-corrected chi connectivity index (χ3v) is 5.71. The number of carbonyl (C=O) groups excluding carboxylic acids is 1. The molecule has 0 fully saturated rings. The first kappa shape index (κ1) is 16.6. The Morgan fingerprint density at radius 3 is 2.73 bits per heavy atom. The molecule has 0 saturated heterocycles. The minimum Gasteiger partial charge on any atom is -0.321 e. The molecule has 0 spiro atoms. The van der Waals surface area contributed by atoms with Crippen LogP contribution in [0.15, 0.2) is 66.9 Å². The van der Waals surface area contributed by atoms with Gasteiger partial charge in [-0.05, 0) is 54.1 Å². The first-order valence-corrected chi connectivity index (χ1v) is 9.55. The van der Waals surface area contributed by atoms with Crippen LogP contribution in [0, 0.1) is 6.92 Å². The van der Waals surface area contributed by atoms with Crippen molar-refractivity contribution < 1.29 is 4.79 Å². The average molecular weight is 360 g/mol. The summed E-state index contributed by atoms with van der Waals surface area (Å²) in [6, 6.07) is 20.4. The maximum atomic E-state index is 12.8. The summed E-state index contributed by atoms with van der Waals surface area (Å²) < 4.78 is 2.13. The lowest BCUT2D eigenvalue weighted by atomic mass is 10.1. The van der Waals surface area contributed by atoms with Crippen LogP contribution in [0.4, 0.5) is 5.69 Å². The Bertz CT molecular complexity index is 1090. The average Bonchev–Trinajstić information content (AvgIpc) is 3.30. The molecular formula is C22H20N2OS. The summed E-state index contributed by atoms with van der Waals surface area (Å²) in [6.45, 7) is 4.13. The van der Waals surface area contributed by atoms with Crippen molar-refractivity contribution in [2.75, 3.05) is 5.32 Å². The molecule has 0 bridgehead atoms. The maximum Gasteiger partial charge on any atom is 0.265 e. The second kappa shape index (κ2) is 6.81. The van der Waals surface area contributed by atoms with Crippen molar-refractivity contribution in [3.05, 3.63) is 82.9 Å². The van der Waals surface area contributed by atoms with Gasteiger partial charge >= 0.3 is 0 Å². The van der Waals surface area contributed by atoms with Gasteiger partial charge in [-0.15, -0.1) is 11.3 Å². The molecule has 0 radical (unpaired) electrons. The monoisotopic (exact) mass is 360 g/mol. The van der Waals surface area contributed by atoms with Crippen LogP contribution in [0.25, 0.3) is 15.9 Å². The van der Waals surface area contributed by atoms with Crippen molar-refractivity contribution in [1.82, 2.24) is 4.57 Å². The zero-order valence-corrected chi connectivity index (χ0v) is 15.6. The highest BCUT2D eigenvalue weighted by Crippen LogP contribution is 2.28. The van der Waals surface area contributed by atoms with E-state index < -0.39 is 0 Å². The highest BCUT2D eigenvalue weighted by molar-refractivity contribution is 7.16. The molecule has 0 saturated carbocycles. The lowest BCUT2D eigenvalue weighted by Gasteiger charge is -2.12. The molecule has 2 heterocycles. The van der Waals surface area contributed by atoms with Crippen LogP contribution in [-0.2, 0) is 6.42 Å². The highest BCUT2D eigenvalue weighted by atomic mass is 32.1. The summed E-state index contributed by atoms with van der Waals surface area (Å²) in [6.07, 6.45) is 2.94. The maximum absolute atomic E-state index is 12.8. The standard InChI is InChI=1S/C22H20N2OS/c1-3-16-9-6-7-15(2)21(16)23-22(25)19-11-12-20(26-19)24-14-13-17-8-4-5-10-18(17)24/h4-14H,3H2,1-2H3,(H,23,25). The van der Waals surface area contributed by atoms with Gasteiger partial charge in [-0.1, -0.05) is 43.3 Å². The fourth-order valence-electron chi connectivity index (χ4n) is 3.23. The summed E-state index contributed by atoms with van der Waals surface area (Å²) >= 11 is 1.50. The molecule has 0 aliphatic rings. The third kappa shape index (κ3) is 2.93. The molecule has 0 aliphatic heterocycles. The molecule has 0 unspecified atom stereocenters. The molecule has 4 rings (SSSR count). The zero-order valence-electron chi connectivity index (χ0n) is 14.8. The van der Waals surface area contributed by atoms with Gasteiger partial charge < -0.3 is 9.88 Å². The summed E-state index contributed by atoms with van der Waals surface area (Å²) in [5.41, 5.74) is 4.33. The molecule has 4 aromatic rings. The van der Waals surface area contributed by atoms with E-state index in [4.69, 9.17) is 0 Å². The second-order valence-corrected chi connectivity index (χ2v) is 7.36. The van der Waals surface area contributed by atoms with E-state index in [1.165, 1.54) is 16.7 Å². The van der Waals surface area contributed by atoms with Crippen LogP contribution >= 0.6 is 11.3 Å². The molecule has 0 atom stereocenters. The number of thiophene rings is 1. The van der Waals surface area contributed by atoms with E-state index >= 15 is 0 Å². The molecule has 4 heteroatoms. The highest BCUT2D eigenvalue weighted by Gasteiger charge is 2.14. The van der Waals surface area contributed by atoms with Crippen LogP contribution in [0.2, 0.25) is 0 Å². The predicted molar refractivity (Wildman–Crippen MR) is 110 cm³/mol. The summed E-state index contributed by atoms with van der Waals surface area (Å²) in [5, 5.41) is 5.34. The Labute approximate surface area is 156 Å². The van der Waals surface area contributed by atoms with E-state index in [2.05, 4.69) is 47.3 Å². The number of carbonyl (C=O) groups is 1. The number of nitrogens with one attached hydrogen (secondary N) is 1. The molecule has 130 valence electrons. The molecule has 3 nitrogen and oxygen atoms in total. The minimum absolute atomic E-state index is 0.0540. The van der Waals surface area contributed by atoms with Gasteiger partial charge in [-0.25, -0.2) is 0 Å². The smallest absolute Gasteiger partial charge is 0.265 e. The van der Waals surface area contributed by atoms with Crippen molar-refractivity contribution in [2.24, 2.45) is 0 Å². The SMILES string of the molecule is CCc1cccc(C)c1NC(=O)c1ccc(-n2ccc3ccccc32)s1. The van der Waals surface area contributed by atoms with E-state index in [1.807, 2.05) is 43.3 Å². The molecule has 1 N–H and O–H groups in total. The fourth-order valence-corrected chi connectivity index (χ4v) is 4.13. The molecule has 1 amide bonds. The van der Waals surface area contributed by atoms with Gasteiger partial charge in [0.2, 0.25) is 0 Å². The number of hydrogen-bond acceptors (Lipinski definition) is 2. The van der Waals surface area contributed by atoms with E-state index in [1.54, 1.807) is 0 Å². The van der Waals surface area contributed by atoms with Crippen LogP contribution < -0.4 is 5.32 Å². The molecule has 26 heavy (non-hydrogen) atoms. The number of benzene rings is 2. The Kier molecular flexibility index (Phi) is 4.35. The Morgan fingerprint density at radius 1 is 1.04 bits per heavy atom. The summed E-state index contributed by atoms with van der Waals surface area (Å²) in [7, 11) is 0. The third-order valence-electron chi connectivity index (χ3n) is 4.63. The van der Waals surface area contributed by atoms with Gasteiger partial charge in [0.05, 0.1) is 10.4 Å². The van der Waals surface area contributed by atoms with E-state index in [-0.39, 0.29) is 5.91 Å². The number of aryl methyl sites for hydroxylation is 2. The van der Waals surface area contributed by atoms with Crippen molar-refractivity contribution >= 4 is 33.8 Å². The normalized spacial score (nSPS) is 11.0. The van der Waals surface area contributed by atoms with E-state index in [0.29, 0.717) is 4.88 Å². The number of nitrogens with zero attached hydrogens (tertiary/aromatic N) is 1. The Morgan fingerprint density at radius 2 is 1.88 bits per heavy atom. The number of rotatable bonds is 4. The molecule has 2 aromatic heterocycles. The summed E-state index contributed by atoms with van der Waals surface area (Å²) in [4.78, 5) is 13.5. The topological polar surface area (TPSA) is 34.0 Å². The van der Waals surface area contributed by atoms with Gasteiger partial charge in [-0.2, -0.15) is 0 Å². The molecule has 0 aliphatic carbocycles. The first-order chi connectivity index (χ1) is 12.7. The lowest BCUT2D eigenvalue weighted by Crippen LogP contribution is -2.12. The van der Waals surface area contributed by atoms with Gasteiger partial charge in [0.1, 0.15) is 5.00 Å². The van der Waals surface area contributed by atoms with Gasteiger partial charge in [0.15, 0.2) is 0 Å². The number of aromatic nitrogens is 1. The van der Waals surface area contributed by atoms with Gasteiger partial charge in [0.25, 0.3) is 5.91 Å². The van der Waals surface area contributed by atoms with Crippen LogP contribution in [0.5, 0.6) is 0 Å². The molecule has 2 aromatic carbocycles. The fraction of sp³-hybridized carbons (Fsp3) is 0.136.